The summed E-state index contributed by atoms with van der Waals surface area (Å²) in [4.78, 5) is 4.10. The maximum Gasteiger partial charge on any atom is 0.0446 e. The van der Waals surface area contributed by atoms with Gasteiger partial charge in [-0.2, -0.15) is 0 Å². The number of pyridine rings is 1. The van der Waals surface area contributed by atoms with E-state index in [1.54, 1.807) is 0 Å². The molecule has 1 fully saturated rings. The normalized spacial score (nSPS) is 30.4. The van der Waals surface area contributed by atoms with Crippen LogP contribution in [0.15, 0.2) is 18.5 Å². The minimum absolute atomic E-state index is 0.0387. The van der Waals surface area contributed by atoms with Gasteiger partial charge >= 0.3 is 0 Å². The van der Waals surface area contributed by atoms with E-state index < -0.39 is 0 Å². The third-order valence-electron chi connectivity index (χ3n) is 3.31. The van der Waals surface area contributed by atoms with Crippen LogP contribution in [0.25, 0.3) is 0 Å². The summed E-state index contributed by atoms with van der Waals surface area (Å²) in [6.45, 7) is 4.32. The fourth-order valence-corrected chi connectivity index (χ4v) is 2.38. The van der Waals surface area contributed by atoms with E-state index in [-0.39, 0.29) is 5.54 Å². The van der Waals surface area contributed by atoms with Gasteiger partial charge in [0.25, 0.3) is 0 Å². The molecule has 14 heavy (non-hydrogen) atoms. The monoisotopic (exact) mass is 190 g/mol. The first kappa shape index (κ1) is 9.66. The van der Waals surface area contributed by atoms with Crippen molar-refractivity contribution in [3.8, 4) is 0 Å². The van der Waals surface area contributed by atoms with Crippen LogP contribution in [0.5, 0.6) is 0 Å². The Morgan fingerprint density at radius 3 is 3.07 bits per heavy atom. The Bertz CT molecular complexity index is 335. The van der Waals surface area contributed by atoms with Gasteiger partial charge in [-0.3, -0.25) is 4.98 Å². The summed E-state index contributed by atoms with van der Waals surface area (Å²) in [6.07, 6.45) is 7.38. The minimum atomic E-state index is -0.0387. The van der Waals surface area contributed by atoms with Gasteiger partial charge in [0.2, 0.25) is 0 Å². The molecule has 76 valence electrons. The molecule has 2 atom stereocenters. The van der Waals surface area contributed by atoms with E-state index in [9.17, 15) is 0 Å². The molecule has 0 amide bonds. The lowest BCUT2D eigenvalue weighted by Crippen LogP contribution is -2.23. The fraction of sp³-hybridized carbons (Fsp3) is 0.583. The Balaban J connectivity index is 2.21. The molecule has 0 aliphatic heterocycles. The first-order chi connectivity index (χ1) is 6.68. The van der Waals surface area contributed by atoms with E-state index in [1.807, 2.05) is 12.4 Å². The molecule has 2 unspecified atom stereocenters. The predicted molar refractivity (Wildman–Crippen MR) is 57.9 cm³/mol. The van der Waals surface area contributed by atoms with Gasteiger partial charge in [-0.1, -0.05) is 13.3 Å². The number of rotatable bonds is 3. The van der Waals surface area contributed by atoms with E-state index in [0.717, 1.165) is 6.42 Å². The summed E-state index contributed by atoms with van der Waals surface area (Å²) < 4.78 is 0. The van der Waals surface area contributed by atoms with Crippen molar-refractivity contribution in [2.24, 2.45) is 11.7 Å². The van der Waals surface area contributed by atoms with Gasteiger partial charge in [-0.15, -0.1) is 0 Å². The average Bonchev–Trinajstić information content (AvgIpc) is 2.79. The first-order valence-corrected chi connectivity index (χ1v) is 5.38. The van der Waals surface area contributed by atoms with Crippen molar-refractivity contribution < 1.29 is 0 Å². The lowest BCUT2D eigenvalue weighted by molar-refractivity contribution is 0.580. The second-order valence-corrected chi connectivity index (χ2v) is 4.42. The molecule has 0 saturated heterocycles. The van der Waals surface area contributed by atoms with Crippen LogP contribution < -0.4 is 5.73 Å². The second-order valence-electron chi connectivity index (χ2n) is 4.42. The molecule has 1 aromatic heterocycles. The zero-order chi connectivity index (χ0) is 10.2. The van der Waals surface area contributed by atoms with Crippen molar-refractivity contribution in [1.29, 1.82) is 0 Å². The van der Waals surface area contributed by atoms with E-state index in [0.29, 0.717) is 5.92 Å². The van der Waals surface area contributed by atoms with Crippen molar-refractivity contribution in [2.45, 2.75) is 38.6 Å². The summed E-state index contributed by atoms with van der Waals surface area (Å²) in [6, 6.07) is 2.07. The van der Waals surface area contributed by atoms with Crippen LogP contribution in [-0.4, -0.2) is 4.98 Å². The standard InChI is InChI=1S/C12H18N2/c1-3-4-10-7-12(10,13)11-5-6-14-8-9(11)2/h5-6,8,10H,3-4,7,13H2,1-2H3. The molecule has 1 heterocycles. The molecule has 2 N–H and O–H groups in total. The molecule has 1 aliphatic carbocycles. The molecule has 0 radical (unpaired) electrons. The summed E-state index contributed by atoms with van der Waals surface area (Å²) in [5, 5.41) is 0. The summed E-state index contributed by atoms with van der Waals surface area (Å²) in [7, 11) is 0. The maximum atomic E-state index is 6.37. The van der Waals surface area contributed by atoms with Gasteiger partial charge in [0.1, 0.15) is 0 Å². The molecule has 2 rings (SSSR count). The van der Waals surface area contributed by atoms with E-state index in [4.69, 9.17) is 5.73 Å². The minimum Gasteiger partial charge on any atom is -0.321 e. The van der Waals surface area contributed by atoms with Crippen LogP contribution in [0, 0.1) is 12.8 Å². The van der Waals surface area contributed by atoms with Crippen LogP contribution in [0.1, 0.15) is 37.3 Å². The van der Waals surface area contributed by atoms with Gasteiger partial charge in [0.05, 0.1) is 0 Å². The quantitative estimate of drug-likeness (QED) is 0.794. The summed E-state index contributed by atoms with van der Waals surface area (Å²) in [5.74, 6) is 0.689. The van der Waals surface area contributed by atoms with Gasteiger partial charge in [0.15, 0.2) is 0 Å². The molecular weight excluding hydrogens is 172 g/mol. The molecule has 2 nitrogen and oxygen atoms in total. The first-order valence-electron chi connectivity index (χ1n) is 5.38. The van der Waals surface area contributed by atoms with E-state index in [1.165, 1.54) is 24.0 Å². The summed E-state index contributed by atoms with van der Waals surface area (Å²) in [5.41, 5.74) is 8.86. The molecule has 0 aromatic carbocycles. The highest BCUT2D eigenvalue weighted by Gasteiger charge is 2.51. The van der Waals surface area contributed by atoms with Crippen molar-refractivity contribution in [1.82, 2.24) is 4.98 Å². The highest BCUT2D eigenvalue weighted by atomic mass is 14.9. The SMILES string of the molecule is CCCC1CC1(N)c1ccncc1C. The van der Waals surface area contributed by atoms with Crippen LogP contribution in [0.3, 0.4) is 0 Å². The average molecular weight is 190 g/mol. The highest BCUT2D eigenvalue weighted by molar-refractivity contribution is 5.36. The van der Waals surface area contributed by atoms with Crippen LogP contribution in [-0.2, 0) is 5.54 Å². The molecule has 2 heteroatoms. The molecular formula is C12H18N2. The largest absolute Gasteiger partial charge is 0.321 e. The third-order valence-corrected chi connectivity index (χ3v) is 3.31. The number of nitrogens with two attached hydrogens (primary N) is 1. The van der Waals surface area contributed by atoms with Crippen LogP contribution in [0.2, 0.25) is 0 Å². The third kappa shape index (κ3) is 1.44. The van der Waals surface area contributed by atoms with Gasteiger partial charge in [-0.05, 0) is 42.9 Å². The number of aromatic nitrogens is 1. The van der Waals surface area contributed by atoms with E-state index >= 15 is 0 Å². The van der Waals surface area contributed by atoms with E-state index in [2.05, 4.69) is 24.9 Å². The number of nitrogens with zero attached hydrogens (tertiary/aromatic N) is 1. The lowest BCUT2D eigenvalue weighted by Gasteiger charge is -2.14. The predicted octanol–water partition coefficient (Wildman–Crippen LogP) is 2.36. The molecule has 0 spiro atoms. The number of aryl methyl sites for hydroxylation is 1. The van der Waals surface area contributed by atoms with Gasteiger partial charge in [-0.25, -0.2) is 0 Å². The Morgan fingerprint density at radius 1 is 1.64 bits per heavy atom. The Morgan fingerprint density at radius 2 is 2.43 bits per heavy atom. The van der Waals surface area contributed by atoms with Crippen LogP contribution >= 0.6 is 0 Å². The topological polar surface area (TPSA) is 38.9 Å². The zero-order valence-corrected chi connectivity index (χ0v) is 8.96. The maximum absolute atomic E-state index is 6.37. The number of hydrogen-bond acceptors (Lipinski definition) is 2. The molecule has 0 bridgehead atoms. The fourth-order valence-electron chi connectivity index (χ4n) is 2.38. The Kier molecular flexibility index (Phi) is 2.31. The van der Waals surface area contributed by atoms with Crippen molar-refractivity contribution >= 4 is 0 Å². The Labute approximate surface area is 85.5 Å². The summed E-state index contributed by atoms with van der Waals surface area (Å²) >= 11 is 0. The highest BCUT2D eigenvalue weighted by Crippen LogP contribution is 2.52. The lowest BCUT2D eigenvalue weighted by atomic mass is 9.99. The van der Waals surface area contributed by atoms with Crippen molar-refractivity contribution in [3.63, 3.8) is 0 Å². The van der Waals surface area contributed by atoms with Crippen LogP contribution in [0.4, 0.5) is 0 Å². The smallest absolute Gasteiger partial charge is 0.0446 e. The van der Waals surface area contributed by atoms with Gasteiger partial charge < -0.3 is 5.73 Å². The molecule has 1 aliphatic rings. The Hall–Kier alpha value is -0.890. The van der Waals surface area contributed by atoms with Gasteiger partial charge in [0, 0.05) is 17.9 Å². The molecule has 1 saturated carbocycles. The van der Waals surface area contributed by atoms with Crippen molar-refractivity contribution in [2.75, 3.05) is 0 Å². The second kappa shape index (κ2) is 3.35. The molecule has 1 aromatic rings. The number of hydrogen-bond donors (Lipinski definition) is 1. The van der Waals surface area contributed by atoms with Crippen molar-refractivity contribution in [3.05, 3.63) is 29.6 Å². The zero-order valence-electron chi connectivity index (χ0n) is 8.96.